The first-order valence-electron chi connectivity index (χ1n) is 8.39. The Morgan fingerprint density at radius 3 is 2.84 bits per heavy atom. The lowest BCUT2D eigenvalue weighted by atomic mass is 9.77. The van der Waals surface area contributed by atoms with E-state index in [4.69, 9.17) is 9.84 Å². The standard InChI is InChI=1S/C20H19IN2O2/c1-12(24)23-20(14-4-3-5-15(21)10-14)18-8-6-13-11-16(25-2)7-9-17(13)19(18)22-23/h3-5,7,9-11,18,20H,6,8H2,1-2H3. The molecule has 1 aliphatic heterocycles. The first-order chi connectivity index (χ1) is 12.1. The summed E-state index contributed by atoms with van der Waals surface area (Å²) in [6.45, 7) is 1.59. The molecule has 2 unspecified atom stereocenters. The van der Waals surface area contributed by atoms with Crippen LogP contribution < -0.4 is 4.74 Å². The van der Waals surface area contributed by atoms with Gasteiger partial charge in [0.05, 0.1) is 18.9 Å². The van der Waals surface area contributed by atoms with Crippen molar-refractivity contribution in [3.05, 3.63) is 62.7 Å². The number of benzene rings is 2. The van der Waals surface area contributed by atoms with Crippen molar-refractivity contribution in [2.24, 2.45) is 11.0 Å². The van der Waals surface area contributed by atoms with Gasteiger partial charge < -0.3 is 4.74 Å². The minimum atomic E-state index is -0.0162. The lowest BCUT2D eigenvalue weighted by Crippen LogP contribution is -2.31. The zero-order chi connectivity index (χ0) is 17.6. The molecule has 1 amide bonds. The summed E-state index contributed by atoms with van der Waals surface area (Å²) >= 11 is 2.32. The highest BCUT2D eigenvalue weighted by atomic mass is 127. The van der Waals surface area contributed by atoms with Crippen LogP contribution in [0.15, 0.2) is 47.6 Å². The van der Waals surface area contributed by atoms with Gasteiger partial charge >= 0.3 is 0 Å². The number of hydrazone groups is 1. The van der Waals surface area contributed by atoms with Crippen LogP contribution in [-0.2, 0) is 11.2 Å². The normalized spacial score (nSPS) is 21.4. The zero-order valence-corrected chi connectivity index (χ0v) is 16.4. The number of hydrogen-bond donors (Lipinski definition) is 0. The Morgan fingerprint density at radius 2 is 2.12 bits per heavy atom. The molecule has 2 aromatic carbocycles. The third-order valence-electron chi connectivity index (χ3n) is 5.04. The molecule has 1 aliphatic carbocycles. The molecule has 0 N–H and O–H groups in total. The predicted molar refractivity (Wildman–Crippen MR) is 106 cm³/mol. The van der Waals surface area contributed by atoms with Gasteiger partial charge in [0.1, 0.15) is 5.75 Å². The van der Waals surface area contributed by atoms with E-state index in [0.717, 1.165) is 35.4 Å². The van der Waals surface area contributed by atoms with Crippen LogP contribution in [0.2, 0.25) is 0 Å². The number of nitrogens with zero attached hydrogens (tertiary/aromatic N) is 2. The maximum Gasteiger partial charge on any atom is 0.240 e. The molecule has 0 bridgehead atoms. The van der Waals surface area contributed by atoms with Crippen molar-refractivity contribution in [2.75, 3.05) is 7.11 Å². The Morgan fingerprint density at radius 1 is 1.28 bits per heavy atom. The molecule has 0 saturated carbocycles. The van der Waals surface area contributed by atoms with Crippen LogP contribution in [0.5, 0.6) is 5.75 Å². The summed E-state index contributed by atoms with van der Waals surface area (Å²) in [7, 11) is 1.69. The van der Waals surface area contributed by atoms with E-state index in [1.807, 2.05) is 6.07 Å². The fourth-order valence-corrected chi connectivity index (χ4v) is 4.48. The number of halogens is 1. The number of amides is 1. The molecule has 4 nitrogen and oxygen atoms in total. The van der Waals surface area contributed by atoms with Crippen molar-refractivity contribution >= 4 is 34.2 Å². The Kier molecular flexibility index (Phi) is 4.27. The number of carbonyl (C=O) groups excluding carboxylic acids is 1. The van der Waals surface area contributed by atoms with E-state index in [1.54, 1.807) is 19.0 Å². The number of rotatable bonds is 2. The molecule has 0 fully saturated rings. The fourth-order valence-electron chi connectivity index (χ4n) is 3.92. The lowest BCUT2D eigenvalue weighted by Gasteiger charge is -2.29. The number of aryl methyl sites for hydroxylation is 1. The first kappa shape index (κ1) is 16.6. The van der Waals surface area contributed by atoms with Crippen LogP contribution in [0.1, 0.15) is 36.1 Å². The van der Waals surface area contributed by atoms with Gasteiger partial charge in [-0.2, -0.15) is 5.10 Å². The number of carbonyl (C=O) groups is 1. The number of methoxy groups -OCH3 is 1. The topological polar surface area (TPSA) is 41.9 Å². The molecule has 2 atom stereocenters. The highest BCUT2D eigenvalue weighted by Gasteiger charge is 2.43. The summed E-state index contributed by atoms with van der Waals surface area (Å²) in [4.78, 5) is 12.3. The molecule has 2 aromatic rings. The Bertz CT molecular complexity index is 878. The molecule has 0 saturated heterocycles. The Labute approximate surface area is 161 Å². The lowest BCUT2D eigenvalue weighted by molar-refractivity contribution is -0.131. The van der Waals surface area contributed by atoms with Gasteiger partial charge in [-0.25, -0.2) is 5.01 Å². The molecule has 0 aromatic heterocycles. The Balaban J connectivity index is 1.79. The third kappa shape index (κ3) is 2.84. The molecule has 2 aliphatic rings. The van der Waals surface area contributed by atoms with Crippen molar-refractivity contribution in [2.45, 2.75) is 25.8 Å². The SMILES string of the molecule is COc1ccc2c(c1)CCC1C2=NN(C(C)=O)C1c1cccc(I)c1. The average Bonchev–Trinajstić information content (AvgIpc) is 3.01. The molecule has 128 valence electrons. The summed E-state index contributed by atoms with van der Waals surface area (Å²) < 4.78 is 6.52. The van der Waals surface area contributed by atoms with E-state index in [2.05, 4.69) is 59.0 Å². The monoisotopic (exact) mass is 446 g/mol. The van der Waals surface area contributed by atoms with Crippen molar-refractivity contribution in [1.29, 1.82) is 0 Å². The maximum absolute atomic E-state index is 12.3. The van der Waals surface area contributed by atoms with Gasteiger partial charge in [-0.15, -0.1) is 0 Å². The predicted octanol–water partition coefficient (Wildman–Crippen LogP) is 4.17. The van der Waals surface area contributed by atoms with Crippen LogP contribution in [0.4, 0.5) is 0 Å². The van der Waals surface area contributed by atoms with Gasteiger partial charge in [-0.3, -0.25) is 4.79 Å². The second kappa shape index (κ2) is 6.44. The second-order valence-corrected chi connectivity index (χ2v) is 7.76. The quantitative estimate of drug-likeness (QED) is 0.650. The van der Waals surface area contributed by atoms with E-state index in [9.17, 15) is 4.79 Å². The summed E-state index contributed by atoms with van der Waals surface area (Å²) in [5.41, 5.74) is 4.59. The number of ether oxygens (including phenoxy) is 1. The summed E-state index contributed by atoms with van der Waals surface area (Å²) in [5, 5.41) is 6.42. The van der Waals surface area contributed by atoms with E-state index < -0.39 is 0 Å². The van der Waals surface area contributed by atoms with E-state index in [0.29, 0.717) is 0 Å². The van der Waals surface area contributed by atoms with Gasteiger partial charge in [-0.1, -0.05) is 12.1 Å². The Hall–Kier alpha value is -1.89. The summed E-state index contributed by atoms with van der Waals surface area (Å²) in [5.74, 6) is 1.09. The summed E-state index contributed by atoms with van der Waals surface area (Å²) in [6, 6.07) is 14.5. The van der Waals surface area contributed by atoms with E-state index in [-0.39, 0.29) is 17.9 Å². The molecule has 1 heterocycles. The molecule has 0 radical (unpaired) electrons. The average molecular weight is 446 g/mol. The van der Waals surface area contributed by atoms with Gasteiger partial charge in [0, 0.05) is 22.0 Å². The highest BCUT2D eigenvalue weighted by molar-refractivity contribution is 14.1. The van der Waals surface area contributed by atoms with Crippen molar-refractivity contribution < 1.29 is 9.53 Å². The number of fused-ring (bicyclic) bond motifs is 3. The van der Waals surface area contributed by atoms with Gasteiger partial charge in [0.2, 0.25) is 5.91 Å². The van der Waals surface area contributed by atoms with Crippen LogP contribution in [0.3, 0.4) is 0 Å². The summed E-state index contributed by atoms with van der Waals surface area (Å²) in [6.07, 6.45) is 1.96. The van der Waals surface area contributed by atoms with Crippen LogP contribution in [0.25, 0.3) is 0 Å². The van der Waals surface area contributed by atoms with Crippen LogP contribution >= 0.6 is 22.6 Å². The van der Waals surface area contributed by atoms with Gasteiger partial charge in [0.15, 0.2) is 0 Å². The van der Waals surface area contributed by atoms with Crippen molar-refractivity contribution in [3.63, 3.8) is 0 Å². The number of hydrogen-bond acceptors (Lipinski definition) is 3. The highest BCUT2D eigenvalue weighted by Crippen LogP contribution is 2.44. The van der Waals surface area contributed by atoms with E-state index in [1.165, 1.54) is 9.13 Å². The minimum absolute atomic E-state index is 0.0131. The van der Waals surface area contributed by atoms with Crippen LogP contribution in [0, 0.1) is 9.49 Å². The third-order valence-corrected chi connectivity index (χ3v) is 5.71. The molecular weight excluding hydrogens is 427 g/mol. The minimum Gasteiger partial charge on any atom is -0.497 e. The van der Waals surface area contributed by atoms with Gasteiger partial charge in [0.25, 0.3) is 0 Å². The van der Waals surface area contributed by atoms with Crippen LogP contribution in [-0.4, -0.2) is 23.7 Å². The van der Waals surface area contributed by atoms with Crippen molar-refractivity contribution in [1.82, 2.24) is 5.01 Å². The molecule has 4 rings (SSSR count). The molecule has 5 heteroatoms. The molecule has 0 spiro atoms. The second-order valence-electron chi connectivity index (χ2n) is 6.52. The molecular formula is C20H19IN2O2. The largest absolute Gasteiger partial charge is 0.497 e. The molecule has 25 heavy (non-hydrogen) atoms. The van der Waals surface area contributed by atoms with Crippen molar-refractivity contribution in [3.8, 4) is 5.75 Å². The smallest absolute Gasteiger partial charge is 0.240 e. The zero-order valence-electron chi connectivity index (χ0n) is 14.2. The fraction of sp³-hybridized carbons (Fsp3) is 0.300. The first-order valence-corrected chi connectivity index (χ1v) is 9.47. The van der Waals surface area contributed by atoms with Gasteiger partial charge in [-0.05, 0) is 76.9 Å². The van der Waals surface area contributed by atoms with E-state index >= 15 is 0 Å². The maximum atomic E-state index is 12.3.